The van der Waals surface area contributed by atoms with Gasteiger partial charge in [0.25, 0.3) is 10.1 Å². The van der Waals surface area contributed by atoms with Crippen LogP contribution >= 0.6 is 0 Å². The fourth-order valence-corrected chi connectivity index (χ4v) is 3.79. The van der Waals surface area contributed by atoms with Crippen molar-refractivity contribution in [1.82, 2.24) is 0 Å². The number of aliphatic hydroxyl groups is 1. The Bertz CT molecular complexity index is 1040. The highest BCUT2D eigenvalue weighted by molar-refractivity contribution is 7.85. The van der Waals surface area contributed by atoms with Gasteiger partial charge < -0.3 is 14.6 Å². The topological polar surface area (TPSA) is 99.1 Å². The Morgan fingerprint density at radius 3 is 2.45 bits per heavy atom. The van der Waals surface area contributed by atoms with Crippen LogP contribution in [0.15, 0.2) is 48.5 Å². The second kappa shape index (κ2) is 11.5. The second-order valence-corrected chi connectivity index (χ2v) is 8.52. The van der Waals surface area contributed by atoms with Crippen molar-refractivity contribution in [2.45, 2.75) is 12.7 Å². The molecule has 2 rings (SSSR count). The predicted molar refractivity (Wildman–Crippen MR) is 116 cm³/mol. The molecule has 0 heterocycles. The molecule has 0 spiro atoms. The van der Waals surface area contributed by atoms with E-state index in [2.05, 4.69) is 11.8 Å². The number of carbonyl (C=O) groups excluding carboxylic acids is 1. The standard InChI is InChI=1S/C23H26O7S/c1-17(9-10-18-11-12-21(23(25)29-3)22(13-18)28-2)20(14-24)15-30-31(26,27)16-19-7-5-4-6-8-19/h4-8,11-13,17,20,24H,14-16H2,1-3H3. The average molecular weight is 447 g/mol. The van der Waals surface area contributed by atoms with Crippen LogP contribution in [0, 0.1) is 23.7 Å². The molecule has 0 saturated carbocycles. The van der Waals surface area contributed by atoms with Gasteiger partial charge in [0.2, 0.25) is 0 Å². The van der Waals surface area contributed by atoms with E-state index in [0.29, 0.717) is 16.9 Å². The minimum atomic E-state index is -3.78. The molecule has 0 aliphatic carbocycles. The molecule has 2 atom stereocenters. The largest absolute Gasteiger partial charge is 0.496 e. The third kappa shape index (κ3) is 7.40. The summed E-state index contributed by atoms with van der Waals surface area (Å²) in [4.78, 5) is 11.7. The Morgan fingerprint density at radius 2 is 1.84 bits per heavy atom. The van der Waals surface area contributed by atoms with Gasteiger partial charge in [-0.15, -0.1) is 0 Å². The highest BCUT2D eigenvalue weighted by Crippen LogP contribution is 2.21. The lowest BCUT2D eigenvalue weighted by atomic mass is 9.96. The quantitative estimate of drug-likeness (QED) is 0.359. The fraction of sp³-hybridized carbons (Fsp3) is 0.348. The number of carbonyl (C=O) groups is 1. The van der Waals surface area contributed by atoms with Gasteiger partial charge in [-0.05, 0) is 23.8 Å². The SMILES string of the molecule is COC(=O)c1ccc(C#CC(C)C(CO)COS(=O)(=O)Cc2ccccc2)cc1OC. The highest BCUT2D eigenvalue weighted by atomic mass is 32.2. The summed E-state index contributed by atoms with van der Waals surface area (Å²) in [6.07, 6.45) is 0. The van der Waals surface area contributed by atoms with Crippen LogP contribution in [0.3, 0.4) is 0 Å². The van der Waals surface area contributed by atoms with Crippen LogP contribution in [0.25, 0.3) is 0 Å². The molecule has 0 radical (unpaired) electrons. The van der Waals surface area contributed by atoms with Gasteiger partial charge in [0.1, 0.15) is 17.1 Å². The van der Waals surface area contributed by atoms with Gasteiger partial charge in [0.15, 0.2) is 0 Å². The summed E-state index contributed by atoms with van der Waals surface area (Å²) in [5.74, 6) is 4.70. The van der Waals surface area contributed by atoms with Crippen molar-refractivity contribution in [1.29, 1.82) is 0 Å². The molecule has 7 nitrogen and oxygen atoms in total. The maximum Gasteiger partial charge on any atom is 0.341 e. The Labute approximate surface area is 183 Å². The van der Waals surface area contributed by atoms with Crippen molar-refractivity contribution in [2.75, 3.05) is 27.4 Å². The van der Waals surface area contributed by atoms with Gasteiger partial charge >= 0.3 is 5.97 Å². The number of benzene rings is 2. The molecule has 0 fully saturated rings. The summed E-state index contributed by atoms with van der Waals surface area (Å²) >= 11 is 0. The Morgan fingerprint density at radius 1 is 1.13 bits per heavy atom. The van der Waals surface area contributed by atoms with Crippen molar-refractivity contribution < 1.29 is 32.0 Å². The minimum absolute atomic E-state index is 0.174. The molecule has 0 aromatic heterocycles. The normalized spacial score (nSPS) is 12.9. The first kappa shape index (κ1) is 24.4. The van der Waals surface area contributed by atoms with E-state index in [0.717, 1.165) is 0 Å². The number of hydrogen-bond acceptors (Lipinski definition) is 7. The lowest BCUT2D eigenvalue weighted by Gasteiger charge is -2.17. The van der Waals surface area contributed by atoms with Crippen molar-refractivity contribution >= 4 is 16.1 Å². The van der Waals surface area contributed by atoms with Crippen LogP contribution in [0.4, 0.5) is 0 Å². The van der Waals surface area contributed by atoms with E-state index in [1.807, 2.05) is 0 Å². The molecule has 2 aromatic rings. The highest BCUT2D eigenvalue weighted by Gasteiger charge is 2.20. The minimum Gasteiger partial charge on any atom is -0.496 e. The van der Waals surface area contributed by atoms with Crippen molar-refractivity contribution in [3.63, 3.8) is 0 Å². The van der Waals surface area contributed by atoms with Crippen LogP contribution < -0.4 is 4.74 Å². The average Bonchev–Trinajstić information content (AvgIpc) is 2.77. The number of methoxy groups -OCH3 is 2. The van der Waals surface area contributed by atoms with Gasteiger partial charge in [0, 0.05) is 24.0 Å². The molecule has 2 unspecified atom stereocenters. The maximum absolute atomic E-state index is 12.2. The van der Waals surface area contributed by atoms with Crippen LogP contribution in [-0.2, 0) is 24.8 Å². The second-order valence-electron chi connectivity index (χ2n) is 6.88. The Balaban J connectivity index is 2.04. The first-order valence-electron chi connectivity index (χ1n) is 9.59. The van der Waals surface area contributed by atoms with Crippen LogP contribution in [0.5, 0.6) is 5.75 Å². The zero-order valence-electron chi connectivity index (χ0n) is 17.7. The summed E-state index contributed by atoms with van der Waals surface area (Å²) in [5, 5.41) is 9.67. The van der Waals surface area contributed by atoms with Crippen molar-refractivity contribution in [3.8, 4) is 17.6 Å². The summed E-state index contributed by atoms with van der Waals surface area (Å²) in [6.45, 7) is 1.33. The van der Waals surface area contributed by atoms with Gasteiger partial charge in [-0.3, -0.25) is 4.18 Å². The molecule has 1 N–H and O–H groups in total. The molecular formula is C23H26O7S. The molecule has 0 aliphatic rings. The predicted octanol–water partition coefficient (Wildman–Crippen LogP) is 2.62. The van der Waals surface area contributed by atoms with E-state index in [9.17, 15) is 18.3 Å². The van der Waals surface area contributed by atoms with Crippen molar-refractivity contribution in [2.24, 2.45) is 11.8 Å². The maximum atomic E-state index is 12.2. The molecule has 31 heavy (non-hydrogen) atoms. The van der Waals surface area contributed by atoms with Crippen LogP contribution in [0.1, 0.15) is 28.4 Å². The van der Waals surface area contributed by atoms with E-state index in [1.54, 1.807) is 55.5 Å². The molecule has 0 bridgehead atoms. The first-order chi connectivity index (χ1) is 14.8. The van der Waals surface area contributed by atoms with Gasteiger partial charge in [-0.1, -0.05) is 49.1 Å². The van der Waals surface area contributed by atoms with E-state index >= 15 is 0 Å². The lowest BCUT2D eigenvalue weighted by molar-refractivity contribution is 0.0597. The Kier molecular flexibility index (Phi) is 9.06. The summed E-state index contributed by atoms with van der Waals surface area (Å²) in [7, 11) is -1.06. The number of ether oxygens (including phenoxy) is 2. The van der Waals surface area contributed by atoms with Crippen LogP contribution in [-0.4, -0.2) is 46.9 Å². The van der Waals surface area contributed by atoms with Gasteiger partial charge in [-0.25, -0.2) is 4.79 Å². The first-order valence-corrected chi connectivity index (χ1v) is 11.2. The van der Waals surface area contributed by atoms with E-state index in [-0.39, 0.29) is 30.4 Å². The number of esters is 1. The molecule has 166 valence electrons. The van der Waals surface area contributed by atoms with E-state index in [4.69, 9.17) is 13.7 Å². The molecular weight excluding hydrogens is 420 g/mol. The summed E-state index contributed by atoms with van der Waals surface area (Å²) in [6, 6.07) is 13.6. The van der Waals surface area contributed by atoms with Crippen molar-refractivity contribution in [3.05, 3.63) is 65.2 Å². The zero-order valence-corrected chi connectivity index (χ0v) is 18.5. The number of aliphatic hydroxyl groups excluding tert-OH is 1. The fourth-order valence-electron chi connectivity index (χ4n) is 2.73. The molecule has 0 aliphatic heterocycles. The zero-order chi connectivity index (χ0) is 22.9. The smallest absolute Gasteiger partial charge is 0.341 e. The monoisotopic (exact) mass is 446 g/mol. The van der Waals surface area contributed by atoms with Crippen LogP contribution in [0.2, 0.25) is 0 Å². The van der Waals surface area contributed by atoms with E-state index in [1.165, 1.54) is 14.2 Å². The third-order valence-electron chi connectivity index (χ3n) is 4.64. The molecule has 2 aromatic carbocycles. The Hall–Kier alpha value is -2.86. The van der Waals surface area contributed by atoms with E-state index < -0.39 is 22.0 Å². The van der Waals surface area contributed by atoms with Gasteiger partial charge in [-0.2, -0.15) is 8.42 Å². The number of rotatable bonds is 9. The number of hydrogen-bond donors (Lipinski definition) is 1. The summed E-state index contributed by atoms with van der Waals surface area (Å²) < 4.78 is 39.5. The molecule has 0 amide bonds. The van der Waals surface area contributed by atoms with Gasteiger partial charge in [0.05, 0.1) is 20.8 Å². The molecule has 8 heteroatoms. The third-order valence-corrected chi connectivity index (χ3v) is 5.82. The molecule has 0 saturated heterocycles. The summed E-state index contributed by atoms with van der Waals surface area (Å²) in [5.41, 5.74) is 1.51. The lowest BCUT2D eigenvalue weighted by Crippen LogP contribution is -2.23.